The molecule has 1 rings (SSSR count). The Morgan fingerprint density at radius 1 is 1.78 bits per heavy atom. The molecule has 52 valence electrons. The van der Waals surface area contributed by atoms with E-state index < -0.39 is 0 Å². The maximum atomic E-state index is 3.27. The van der Waals surface area contributed by atoms with Gasteiger partial charge in [0.25, 0.3) is 0 Å². The Balaban J connectivity index is 2.39. The van der Waals surface area contributed by atoms with E-state index >= 15 is 0 Å². The Bertz CT molecular complexity index is 114. The van der Waals surface area contributed by atoms with Gasteiger partial charge in [-0.15, -0.1) is 0 Å². The monoisotopic (exact) mass is 164 g/mol. The Hall–Kier alpha value is 0.322. The van der Waals surface area contributed by atoms with Crippen molar-refractivity contribution in [3.63, 3.8) is 0 Å². The first kappa shape index (κ1) is 7.43. The summed E-state index contributed by atoms with van der Waals surface area (Å²) in [6.45, 7) is 5.60. The zero-order chi connectivity index (χ0) is 6.69. The Labute approximate surface area is 64.2 Å². The van der Waals surface area contributed by atoms with Crippen LogP contribution in [-0.4, -0.2) is 29.2 Å². The van der Waals surface area contributed by atoms with Crippen LogP contribution in [0.1, 0.15) is 13.3 Å². The summed E-state index contributed by atoms with van der Waals surface area (Å²) in [5, 5.41) is 3.27. The molecule has 0 aromatic rings. The molecule has 1 heterocycles. The molecule has 0 atom stereocenters. The molecule has 0 amide bonds. The van der Waals surface area contributed by atoms with Gasteiger partial charge in [-0.2, -0.15) is 0 Å². The van der Waals surface area contributed by atoms with Gasteiger partial charge in [0.05, 0.1) is 0 Å². The minimum atomic E-state index is 1.11. The van der Waals surface area contributed by atoms with Crippen LogP contribution in [-0.2, 0) is 15.9 Å². The third-order valence-corrected chi connectivity index (χ3v) is 2.18. The second-order valence-electron chi connectivity index (χ2n) is 2.17. The number of nitrogens with one attached hydrogen (secondary N) is 1. The van der Waals surface area contributed by atoms with E-state index in [0.717, 1.165) is 13.1 Å². The molecule has 0 saturated carbocycles. The van der Waals surface area contributed by atoms with Crippen LogP contribution in [0.5, 0.6) is 0 Å². The molecule has 1 saturated heterocycles. The van der Waals surface area contributed by atoms with Crippen LogP contribution in [0.15, 0.2) is 0 Å². The molecular weight excluding hydrogens is 152 g/mol. The molecular formula is C6H12CrN2. The normalized spacial score (nSPS) is 22.6. The van der Waals surface area contributed by atoms with Crippen LogP contribution in [0, 0.1) is 0 Å². The Morgan fingerprint density at radius 2 is 2.56 bits per heavy atom. The minimum absolute atomic E-state index is 1.11. The molecule has 0 unspecified atom stereocenters. The van der Waals surface area contributed by atoms with Crippen molar-refractivity contribution in [1.82, 2.24) is 10.2 Å². The summed E-state index contributed by atoms with van der Waals surface area (Å²) in [5.74, 6) is 0. The molecule has 1 aliphatic heterocycles. The summed E-state index contributed by atoms with van der Waals surface area (Å²) in [7, 11) is 0. The SMILES string of the molecule is CCN1CCCN[C]1=[Cr]. The van der Waals surface area contributed by atoms with Crippen LogP contribution in [0.4, 0.5) is 0 Å². The van der Waals surface area contributed by atoms with Gasteiger partial charge in [-0.3, -0.25) is 0 Å². The molecule has 0 aromatic carbocycles. The fourth-order valence-corrected chi connectivity index (χ4v) is 1.48. The van der Waals surface area contributed by atoms with Gasteiger partial charge in [0.15, 0.2) is 0 Å². The van der Waals surface area contributed by atoms with Gasteiger partial charge in [-0.25, -0.2) is 0 Å². The third kappa shape index (κ3) is 1.87. The van der Waals surface area contributed by atoms with Gasteiger partial charge >= 0.3 is 63.7 Å². The summed E-state index contributed by atoms with van der Waals surface area (Å²) >= 11 is 3.01. The predicted octanol–water partition coefficient (Wildman–Crippen LogP) is -0.0642. The van der Waals surface area contributed by atoms with Crippen LogP contribution >= 0.6 is 0 Å². The topological polar surface area (TPSA) is 15.3 Å². The predicted molar refractivity (Wildman–Crippen MR) is 34.9 cm³/mol. The molecule has 0 aromatic heterocycles. The first-order valence-electron chi connectivity index (χ1n) is 3.37. The van der Waals surface area contributed by atoms with Crippen LogP contribution in [0.2, 0.25) is 0 Å². The zero-order valence-electron chi connectivity index (χ0n) is 5.68. The van der Waals surface area contributed by atoms with Crippen LogP contribution in [0.3, 0.4) is 0 Å². The molecule has 0 spiro atoms. The van der Waals surface area contributed by atoms with Crippen molar-refractivity contribution in [1.29, 1.82) is 0 Å². The van der Waals surface area contributed by atoms with Crippen LogP contribution < -0.4 is 5.32 Å². The van der Waals surface area contributed by atoms with E-state index in [0.29, 0.717) is 0 Å². The number of hydrogen-bond donors (Lipinski definition) is 1. The van der Waals surface area contributed by atoms with Crippen molar-refractivity contribution < 1.29 is 15.9 Å². The molecule has 3 heteroatoms. The second kappa shape index (κ2) is 3.48. The summed E-state index contributed by atoms with van der Waals surface area (Å²) in [6.07, 6.45) is 1.26. The van der Waals surface area contributed by atoms with E-state index in [2.05, 4.69) is 33.0 Å². The van der Waals surface area contributed by atoms with E-state index in [4.69, 9.17) is 0 Å². The number of rotatable bonds is 1. The van der Waals surface area contributed by atoms with Crippen LogP contribution in [0.25, 0.3) is 0 Å². The standard InChI is InChI=1S/C6H12N2.Cr/c1-2-8-5-3-4-7-6-8;/h7H,2-5H2,1H3;. The van der Waals surface area contributed by atoms with E-state index in [1.807, 2.05) is 0 Å². The van der Waals surface area contributed by atoms with Crippen molar-refractivity contribution >= 4 is 4.63 Å². The van der Waals surface area contributed by atoms with E-state index in [1.54, 1.807) is 0 Å². The molecule has 1 N–H and O–H groups in total. The average molecular weight is 164 g/mol. The number of nitrogens with zero attached hydrogens (tertiary/aromatic N) is 1. The Morgan fingerprint density at radius 3 is 3.00 bits per heavy atom. The molecule has 9 heavy (non-hydrogen) atoms. The van der Waals surface area contributed by atoms with Crippen molar-refractivity contribution in [2.75, 3.05) is 19.6 Å². The van der Waals surface area contributed by atoms with Gasteiger partial charge < -0.3 is 0 Å². The van der Waals surface area contributed by atoms with Crippen molar-refractivity contribution in [3.05, 3.63) is 0 Å². The number of hydrogen-bond acceptors (Lipinski definition) is 2. The first-order chi connectivity index (χ1) is 4.34. The summed E-state index contributed by atoms with van der Waals surface area (Å²) in [6, 6.07) is 0. The molecule has 1 fully saturated rings. The van der Waals surface area contributed by atoms with Gasteiger partial charge in [0, 0.05) is 0 Å². The fraction of sp³-hybridized carbons (Fsp3) is 0.833. The third-order valence-electron chi connectivity index (χ3n) is 1.55. The molecule has 0 aliphatic carbocycles. The average Bonchev–Trinajstić information content (AvgIpc) is 1.89. The summed E-state index contributed by atoms with van der Waals surface area (Å²) in [4.78, 5) is 2.31. The Kier molecular flexibility index (Phi) is 2.87. The molecule has 0 bridgehead atoms. The van der Waals surface area contributed by atoms with E-state index in [-0.39, 0.29) is 0 Å². The van der Waals surface area contributed by atoms with Gasteiger partial charge in [0.1, 0.15) is 0 Å². The van der Waals surface area contributed by atoms with Crippen molar-refractivity contribution in [2.45, 2.75) is 13.3 Å². The zero-order valence-corrected chi connectivity index (χ0v) is 6.96. The summed E-state index contributed by atoms with van der Waals surface area (Å²) in [5.41, 5.74) is 0. The fourth-order valence-electron chi connectivity index (χ4n) is 0.980. The quantitative estimate of drug-likeness (QED) is 0.584. The van der Waals surface area contributed by atoms with Crippen molar-refractivity contribution in [2.24, 2.45) is 0 Å². The van der Waals surface area contributed by atoms with Gasteiger partial charge in [0.2, 0.25) is 0 Å². The first-order valence-corrected chi connectivity index (χ1v) is 4.01. The maximum absolute atomic E-state index is 3.27. The van der Waals surface area contributed by atoms with Gasteiger partial charge in [-0.05, 0) is 0 Å². The van der Waals surface area contributed by atoms with E-state index in [9.17, 15) is 0 Å². The molecule has 2 nitrogen and oxygen atoms in total. The van der Waals surface area contributed by atoms with Crippen molar-refractivity contribution in [3.8, 4) is 0 Å². The second-order valence-corrected chi connectivity index (χ2v) is 2.77. The van der Waals surface area contributed by atoms with E-state index in [1.165, 1.54) is 17.6 Å². The molecule has 0 radical (unpaired) electrons. The van der Waals surface area contributed by atoms with Gasteiger partial charge in [-0.1, -0.05) is 0 Å². The summed E-state index contributed by atoms with van der Waals surface area (Å²) < 4.78 is 1.21. The molecule has 1 aliphatic rings.